The maximum Gasteiger partial charge on any atom is 0.253 e. The Kier molecular flexibility index (Phi) is 5.74. The van der Waals surface area contributed by atoms with Crippen LogP contribution >= 0.6 is 0 Å². The molecular weight excluding hydrogens is 342 g/mol. The third-order valence-corrected chi connectivity index (χ3v) is 5.89. The molecule has 4 rings (SSSR count). The maximum absolute atomic E-state index is 12.8. The summed E-state index contributed by atoms with van der Waals surface area (Å²) >= 11 is 0. The third-order valence-electron chi connectivity index (χ3n) is 5.89. The maximum atomic E-state index is 12.8. The Balaban J connectivity index is 1.27. The van der Waals surface area contributed by atoms with E-state index in [0.717, 1.165) is 69.8 Å². The Bertz CT molecular complexity index is 662. The fourth-order valence-corrected chi connectivity index (χ4v) is 4.24. The number of carbonyl (C=O) groups is 2. The minimum atomic E-state index is 0.107. The number of benzene rings is 1. The molecule has 0 radical (unpaired) electrons. The van der Waals surface area contributed by atoms with Gasteiger partial charge in [-0.3, -0.25) is 14.5 Å². The van der Waals surface area contributed by atoms with E-state index in [2.05, 4.69) is 4.90 Å². The minimum Gasteiger partial charge on any atom is -0.377 e. The zero-order chi connectivity index (χ0) is 18.6. The second-order valence-electron chi connectivity index (χ2n) is 7.84. The van der Waals surface area contributed by atoms with Crippen LogP contribution in [0.25, 0.3) is 0 Å². The molecule has 3 heterocycles. The smallest absolute Gasteiger partial charge is 0.253 e. The fraction of sp³-hybridized carbons (Fsp3) is 0.619. The number of hydrogen-bond donors (Lipinski definition) is 0. The molecule has 1 aromatic carbocycles. The molecule has 3 saturated heterocycles. The average Bonchev–Trinajstić information content (AvgIpc) is 3.35. The van der Waals surface area contributed by atoms with Gasteiger partial charge in [-0.15, -0.1) is 0 Å². The van der Waals surface area contributed by atoms with E-state index in [4.69, 9.17) is 4.74 Å². The second-order valence-corrected chi connectivity index (χ2v) is 7.84. The monoisotopic (exact) mass is 371 g/mol. The van der Waals surface area contributed by atoms with E-state index in [0.29, 0.717) is 19.1 Å². The normalized spacial score (nSPS) is 24.0. The summed E-state index contributed by atoms with van der Waals surface area (Å²) in [7, 11) is 0. The molecule has 0 aromatic heterocycles. The highest BCUT2D eigenvalue weighted by atomic mass is 16.5. The van der Waals surface area contributed by atoms with Crippen LogP contribution in [0.1, 0.15) is 41.6 Å². The lowest BCUT2D eigenvalue weighted by molar-refractivity contribution is -0.128. The van der Waals surface area contributed by atoms with E-state index >= 15 is 0 Å². The Morgan fingerprint density at radius 2 is 1.81 bits per heavy atom. The van der Waals surface area contributed by atoms with Gasteiger partial charge in [0.2, 0.25) is 5.91 Å². The van der Waals surface area contributed by atoms with Crippen molar-refractivity contribution in [1.82, 2.24) is 14.7 Å². The van der Waals surface area contributed by atoms with Crippen molar-refractivity contribution in [2.75, 3.05) is 45.9 Å². The molecule has 1 atom stereocenters. The first kappa shape index (κ1) is 18.4. The van der Waals surface area contributed by atoms with Crippen LogP contribution in [-0.2, 0) is 16.1 Å². The Morgan fingerprint density at radius 3 is 2.44 bits per heavy atom. The summed E-state index contributed by atoms with van der Waals surface area (Å²) in [5, 5.41) is 0. The SMILES string of the molecule is O=C1CCCN1Cc1ccc(C(=O)N2CCN(CC3CCCO3)CC2)cc1. The number of nitrogens with zero attached hydrogens (tertiary/aromatic N) is 3. The first-order valence-electron chi connectivity index (χ1n) is 10.2. The van der Waals surface area contributed by atoms with Crippen molar-refractivity contribution in [3.63, 3.8) is 0 Å². The van der Waals surface area contributed by atoms with Gasteiger partial charge in [0.25, 0.3) is 5.91 Å². The fourth-order valence-electron chi connectivity index (χ4n) is 4.24. The summed E-state index contributed by atoms with van der Waals surface area (Å²) in [4.78, 5) is 30.8. The van der Waals surface area contributed by atoms with Crippen LogP contribution < -0.4 is 0 Å². The van der Waals surface area contributed by atoms with Crippen LogP contribution in [0.2, 0.25) is 0 Å². The number of likely N-dealkylation sites (tertiary alicyclic amines) is 1. The molecule has 3 fully saturated rings. The second kappa shape index (κ2) is 8.40. The molecule has 3 aliphatic heterocycles. The molecule has 0 saturated carbocycles. The van der Waals surface area contributed by atoms with Gasteiger partial charge in [-0.1, -0.05) is 12.1 Å². The molecule has 146 valence electrons. The first-order chi connectivity index (χ1) is 13.2. The van der Waals surface area contributed by atoms with Gasteiger partial charge in [-0.05, 0) is 37.0 Å². The zero-order valence-electron chi connectivity index (χ0n) is 15.9. The topological polar surface area (TPSA) is 53.1 Å². The van der Waals surface area contributed by atoms with E-state index in [1.165, 1.54) is 6.42 Å². The molecule has 2 amide bonds. The Labute approximate surface area is 161 Å². The predicted octanol–water partition coefficient (Wildman–Crippen LogP) is 1.75. The molecule has 0 bridgehead atoms. The molecule has 0 N–H and O–H groups in total. The van der Waals surface area contributed by atoms with Crippen LogP contribution in [0.3, 0.4) is 0 Å². The minimum absolute atomic E-state index is 0.107. The van der Waals surface area contributed by atoms with E-state index in [9.17, 15) is 9.59 Å². The summed E-state index contributed by atoms with van der Waals surface area (Å²) in [6.07, 6.45) is 4.32. The van der Waals surface area contributed by atoms with Crippen LogP contribution in [-0.4, -0.2) is 78.5 Å². The van der Waals surface area contributed by atoms with Crippen molar-refractivity contribution in [3.8, 4) is 0 Å². The lowest BCUT2D eigenvalue weighted by Crippen LogP contribution is -2.50. The van der Waals surface area contributed by atoms with Crippen molar-refractivity contribution >= 4 is 11.8 Å². The molecule has 0 aliphatic carbocycles. The van der Waals surface area contributed by atoms with Gasteiger partial charge in [0.1, 0.15) is 0 Å². The van der Waals surface area contributed by atoms with E-state index in [1.54, 1.807) is 0 Å². The summed E-state index contributed by atoms with van der Waals surface area (Å²) in [5.74, 6) is 0.339. The van der Waals surface area contributed by atoms with Crippen molar-refractivity contribution in [2.45, 2.75) is 38.3 Å². The van der Waals surface area contributed by atoms with Gasteiger partial charge in [0.05, 0.1) is 6.10 Å². The summed E-state index contributed by atoms with van der Waals surface area (Å²) in [6.45, 7) is 6.76. The van der Waals surface area contributed by atoms with Crippen molar-refractivity contribution < 1.29 is 14.3 Å². The number of carbonyl (C=O) groups excluding carboxylic acids is 2. The van der Waals surface area contributed by atoms with Crippen molar-refractivity contribution in [2.24, 2.45) is 0 Å². The third kappa shape index (κ3) is 4.50. The zero-order valence-corrected chi connectivity index (χ0v) is 15.9. The Morgan fingerprint density at radius 1 is 1.04 bits per heavy atom. The molecular formula is C21H29N3O3. The predicted molar refractivity (Wildman–Crippen MR) is 102 cm³/mol. The lowest BCUT2D eigenvalue weighted by atomic mass is 10.1. The average molecular weight is 371 g/mol. The van der Waals surface area contributed by atoms with E-state index in [-0.39, 0.29) is 11.8 Å². The molecule has 1 aromatic rings. The Hall–Kier alpha value is -1.92. The van der Waals surface area contributed by atoms with Gasteiger partial charge in [0.15, 0.2) is 0 Å². The quantitative estimate of drug-likeness (QED) is 0.791. The molecule has 6 nitrogen and oxygen atoms in total. The molecule has 0 spiro atoms. The van der Waals surface area contributed by atoms with Gasteiger partial charge >= 0.3 is 0 Å². The molecule has 6 heteroatoms. The van der Waals surface area contributed by atoms with Crippen LogP contribution in [0.4, 0.5) is 0 Å². The lowest BCUT2D eigenvalue weighted by Gasteiger charge is -2.35. The molecule has 27 heavy (non-hydrogen) atoms. The number of rotatable bonds is 5. The molecule has 1 unspecified atom stereocenters. The number of amides is 2. The van der Waals surface area contributed by atoms with Crippen LogP contribution in [0.15, 0.2) is 24.3 Å². The summed E-state index contributed by atoms with van der Waals surface area (Å²) in [5.41, 5.74) is 1.82. The van der Waals surface area contributed by atoms with E-state index in [1.807, 2.05) is 34.1 Å². The largest absolute Gasteiger partial charge is 0.377 e. The summed E-state index contributed by atoms with van der Waals surface area (Å²) in [6, 6.07) is 7.76. The van der Waals surface area contributed by atoms with Crippen LogP contribution in [0, 0.1) is 0 Å². The highest BCUT2D eigenvalue weighted by molar-refractivity contribution is 5.94. The van der Waals surface area contributed by atoms with Gasteiger partial charge < -0.3 is 14.5 Å². The number of piperazine rings is 1. The first-order valence-corrected chi connectivity index (χ1v) is 10.2. The highest BCUT2D eigenvalue weighted by Gasteiger charge is 2.25. The van der Waals surface area contributed by atoms with Crippen LogP contribution in [0.5, 0.6) is 0 Å². The highest BCUT2D eigenvalue weighted by Crippen LogP contribution is 2.17. The van der Waals surface area contributed by atoms with Gasteiger partial charge in [-0.25, -0.2) is 0 Å². The molecule has 3 aliphatic rings. The number of ether oxygens (including phenoxy) is 1. The van der Waals surface area contributed by atoms with Gasteiger partial charge in [0, 0.05) is 64.4 Å². The summed E-state index contributed by atoms with van der Waals surface area (Å²) < 4.78 is 5.72. The number of hydrogen-bond acceptors (Lipinski definition) is 4. The standard InChI is InChI=1S/C21H29N3O3/c25-20-4-1-9-24(20)15-17-5-7-18(8-6-17)21(26)23-12-10-22(11-13-23)16-19-3-2-14-27-19/h5-8,19H,1-4,9-16H2. The van der Waals surface area contributed by atoms with Gasteiger partial charge in [-0.2, -0.15) is 0 Å². The van der Waals surface area contributed by atoms with Crippen molar-refractivity contribution in [3.05, 3.63) is 35.4 Å². The van der Waals surface area contributed by atoms with Crippen molar-refractivity contribution in [1.29, 1.82) is 0 Å². The van der Waals surface area contributed by atoms with E-state index < -0.39 is 0 Å².